The standard InChI is InChI=1S/C20H22N2O3/c1-3-12-21-19(23)18-13-22(16-6-4-5-7-17(16)25-18)20(24)15-10-8-14(2)9-11-15/h4-11,18H,3,12-13H2,1-2H3,(H,21,23)/t18-/m1/s1. The van der Waals surface area contributed by atoms with Crippen LogP contribution in [0.1, 0.15) is 29.3 Å². The van der Waals surface area contributed by atoms with Gasteiger partial charge in [0.15, 0.2) is 6.10 Å². The maximum atomic E-state index is 13.0. The lowest BCUT2D eigenvalue weighted by Crippen LogP contribution is -2.50. The van der Waals surface area contributed by atoms with Crippen LogP contribution in [0.25, 0.3) is 0 Å². The van der Waals surface area contributed by atoms with Crippen LogP contribution < -0.4 is 15.0 Å². The second-order valence-corrected chi connectivity index (χ2v) is 6.15. The lowest BCUT2D eigenvalue weighted by atomic mass is 10.1. The molecule has 25 heavy (non-hydrogen) atoms. The molecule has 5 heteroatoms. The Hall–Kier alpha value is -2.82. The summed E-state index contributed by atoms with van der Waals surface area (Å²) in [7, 11) is 0. The first-order valence-electron chi connectivity index (χ1n) is 8.52. The number of aryl methyl sites for hydroxylation is 1. The Morgan fingerprint density at radius 2 is 1.88 bits per heavy atom. The van der Waals surface area contributed by atoms with E-state index in [9.17, 15) is 9.59 Å². The number of benzene rings is 2. The second kappa shape index (κ2) is 7.38. The number of para-hydroxylation sites is 2. The highest BCUT2D eigenvalue weighted by Crippen LogP contribution is 2.34. The van der Waals surface area contributed by atoms with E-state index in [0.717, 1.165) is 12.0 Å². The molecule has 1 N–H and O–H groups in total. The predicted molar refractivity (Wildman–Crippen MR) is 97.0 cm³/mol. The molecule has 0 saturated heterocycles. The lowest BCUT2D eigenvalue weighted by molar-refractivity contribution is -0.127. The normalized spacial score (nSPS) is 15.9. The van der Waals surface area contributed by atoms with Gasteiger partial charge in [0.1, 0.15) is 5.75 Å². The third kappa shape index (κ3) is 3.65. The summed E-state index contributed by atoms with van der Waals surface area (Å²) < 4.78 is 5.82. The molecule has 0 radical (unpaired) electrons. The third-order valence-corrected chi connectivity index (χ3v) is 4.16. The number of anilines is 1. The van der Waals surface area contributed by atoms with Gasteiger partial charge in [-0.1, -0.05) is 36.8 Å². The van der Waals surface area contributed by atoms with E-state index >= 15 is 0 Å². The van der Waals surface area contributed by atoms with Crippen molar-refractivity contribution >= 4 is 17.5 Å². The lowest BCUT2D eigenvalue weighted by Gasteiger charge is -2.34. The maximum Gasteiger partial charge on any atom is 0.262 e. The minimum absolute atomic E-state index is 0.135. The van der Waals surface area contributed by atoms with Crippen LogP contribution in [0.5, 0.6) is 5.75 Å². The van der Waals surface area contributed by atoms with E-state index in [-0.39, 0.29) is 18.4 Å². The Balaban J connectivity index is 1.89. The molecule has 0 bridgehead atoms. The van der Waals surface area contributed by atoms with E-state index in [4.69, 9.17) is 4.74 Å². The molecular formula is C20H22N2O3. The van der Waals surface area contributed by atoms with Gasteiger partial charge in [-0.2, -0.15) is 0 Å². The number of ether oxygens (including phenoxy) is 1. The Kier molecular flexibility index (Phi) is 5.03. The van der Waals surface area contributed by atoms with E-state index in [1.54, 1.807) is 11.0 Å². The summed E-state index contributed by atoms with van der Waals surface area (Å²) in [5, 5.41) is 2.84. The number of hydrogen-bond acceptors (Lipinski definition) is 3. The van der Waals surface area contributed by atoms with Crippen molar-refractivity contribution in [2.45, 2.75) is 26.4 Å². The van der Waals surface area contributed by atoms with Crippen LogP contribution in [-0.4, -0.2) is 31.0 Å². The summed E-state index contributed by atoms with van der Waals surface area (Å²) in [5.74, 6) is 0.216. The van der Waals surface area contributed by atoms with Crippen LogP contribution >= 0.6 is 0 Å². The van der Waals surface area contributed by atoms with Gasteiger partial charge in [0.05, 0.1) is 12.2 Å². The first-order chi connectivity index (χ1) is 12.1. The van der Waals surface area contributed by atoms with E-state index in [0.29, 0.717) is 23.5 Å². The molecule has 0 spiro atoms. The van der Waals surface area contributed by atoms with Gasteiger partial charge in [-0.15, -0.1) is 0 Å². The first kappa shape index (κ1) is 17.0. The highest BCUT2D eigenvalue weighted by molar-refractivity contribution is 6.07. The SMILES string of the molecule is CCCNC(=O)[C@H]1CN(C(=O)c2ccc(C)cc2)c2ccccc2O1. The fraction of sp³-hybridized carbons (Fsp3) is 0.300. The number of carbonyl (C=O) groups excluding carboxylic acids is 2. The molecule has 5 nitrogen and oxygen atoms in total. The van der Waals surface area contributed by atoms with Gasteiger partial charge < -0.3 is 15.0 Å². The van der Waals surface area contributed by atoms with Crippen LogP contribution in [0.15, 0.2) is 48.5 Å². The number of fused-ring (bicyclic) bond motifs is 1. The number of rotatable bonds is 4. The molecule has 0 aromatic heterocycles. The molecule has 1 aliphatic heterocycles. The predicted octanol–water partition coefficient (Wildman–Crippen LogP) is 2.93. The molecule has 1 heterocycles. The first-order valence-corrected chi connectivity index (χ1v) is 8.52. The monoisotopic (exact) mass is 338 g/mol. The molecule has 2 aromatic carbocycles. The van der Waals surface area contributed by atoms with Gasteiger partial charge >= 0.3 is 0 Å². The Labute approximate surface area is 147 Å². The van der Waals surface area contributed by atoms with Gasteiger partial charge in [-0.05, 0) is 37.6 Å². The van der Waals surface area contributed by atoms with Crippen LogP contribution in [0.2, 0.25) is 0 Å². The second-order valence-electron chi connectivity index (χ2n) is 6.15. The van der Waals surface area contributed by atoms with Crippen LogP contribution in [0.3, 0.4) is 0 Å². The smallest absolute Gasteiger partial charge is 0.262 e. The number of nitrogens with one attached hydrogen (secondary N) is 1. The van der Waals surface area contributed by atoms with Crippen LogP contribution in [0.4, 0.5) is 5.69 Å². The fourth-order valence-corrected chi connectivity index (χ4v) is 2.78. The number of hydrogen-bond donors (Lipinski definition) is 1. The van der Waals surface area contributed by atoms with Gasteiger partial charge in [0, 0.05) is 12.1 Å². The molecule has 3 rings (SSSR count). The average Bonchev–Trinajstić information content (AvgIpc) is 2.65. The molecule has 1 atom stereocenters. The molecule has 0 unspecified atom stereocenters. The molecule has 2 amide bonds. The molecule has 0 saturated carbocycles. The van der Waals surface area contributed by atoms with Crippen molar-refractivity contribution < 1.29 is 14.3 Å². The van der Waals surface area contributed by atoms with Crippen molar-refractivity contribution in [2.24, 2.45) is 0 Å². The Bertz CT molecular complexity index is 771. The highest BCUT2D eigenvalue weighted by atomic mass is 16.5. The zero-order chi connectivity index (χ0) is 17.8. The zero-order valence-electron chi connectivity index (χ0n) is 14.5. The summed E-state index contributed by atoms with van der Waals surface area (Å²) in [6.45, 7) is 4.75. The van der Waals surface area contributed by atoms with E-state index < -0.39 is 6.10 Å². The van der Waals surface area contributed by atoms with Crippen LogP contribution in [0, 0.1) is 6.92 Å². The molecule has 2 aromatic rings. The molecule has 0 fully saturated rings. The number of nitrogens with zero attached hydrogens (tertiary/aromatic N) is 1. The van der Waals surface area contributed by atoms with E-state index in [1.807, 2.05) is 56.3 Å². The quantitative estimate of drug-likeness (QED) is 0.932. The Morgan fingerprint density at radius 3 is 2.60 bits per heavy atom. The van der Waals surface area contributed by atoms with Gasteiger partial charge in [0.25, 0.3) is 11.8 Å². The molecular weight excluding hydrogens is 316 g/mol. The molecule has 0 aliphatic carbocycles. The summed E-state index contributed by atoms with van der Waals surface area (Å²) in [6, 6.07) is 14.7. The van der Waals surface area contributed by atoms with E-state index in [2.05, 4.69) is 5.32 Å². The summed E-state index contributed by atoms with van der Waals surface area (Å²) in [5.41, 5.74) is 2.37. The maximum absolute atomic E-state index is 13.0. The minimum Gasteiger partial charge on any atom is -0.477 e. The minimum atomic E-state index is -0.712. The zero-order valence-corrected chi connectivity index (χ0v) is 14.5. The van der Waals surface area contributed by atoms with E-state index in [1.165, 1.54) is 0 Å². The summed E-state index contributed by atoms with van der Waals surface area (Å²) in [4.78, 5) is 27.0. The Morgan fingerprint density at radius 1 is 1.16 bits per heavy atom. The average molecular weight is 338 g/mol. The van der Waals surface area contributed by atoms with Crippen molar-refractivity contribution in [3.63, 3.8) is 0 Å². The summed E-state index contributed by atoms with van der Waals surface area (Å²) in [6.07, 6.45) is 0.136. The highest BCUT2D eigenvalue weighted by Gasteiger charge is 2.33. The topological polar surface area (TPSA) is 58.6 Å². The van der Waals surface area contributed by atoms with Crippen molar-refractivity contribution in [3.8, 4) is 5.75 Å². The molecule has 130 valence electrons. The summed E-state index contributed by atoms with van der Waals surface area (Å²) >= 11 is 0. The van der Waals surface area contributed by atoms with Crippen molar-refractivity contribution in [2.75, 3.05) is 18.0 Å². The van der Waals surface area contributed by atoms with Crippen LogP contribution in [-0.2, 0) is 4.79 Å². The number of amides is 2. The fourth-order valence-electron chi connectivity index (χ4n) is 2.78. The van der Waals surface area contributed by atoms with Crippen molar-refractivity contribution in [1.29, 1.82) is 0 Å². The van der Waals surface area contributed by atoms with Gasteiger partial charge in [-0.25, -0.2) is 0 Å². The van der Waals surface area contributed by atoms with Gasteiger partial charge in [0.2, 0.25) is 0 Å². The number of carbonyl (C=O) groups is 2. The van der Waals surface area contributed by atoms with Crippen molar-refractivity contribution in [3.05, 3.63) is 59.7 Å². The largest absolute Gasteiger partial charge is 0.477 e. The van der Waals surface area contributed by atoms with Crippen molar-refractivity contribution in [1.82, 2.24) is 5.32 Å². The molecule has 1 aliphatic rings. The van der Waals surface area contributed by atoms with Gasteiger partial charge in [-0.3, -0.25) is 9.59 Å². The third-order valence-electron chi connectivity index (χ3n) is 4.16.